The maximum atomic E-state index is 6.02. The summed E-state index contributed by atoms with van der Waals surface area (Å²) in [5.74, 6) is 0.829. The number of ether oxygens (including phenoxy) is 3. The average Bonchev–Trinajstić information content (AvgIpc) is 2.72. The molecule has 0 unspecified atom stereocenters. The third-order valence-corrected chi connectivity index (χ3v) is 4.54. The summed E-state index contributed by atoms with van der Waals surface area (Å²) in [4.78, 5) is 4.28. The summed E-state index contributed by atoms with van der Waals surface area (Å²) in [5, 5.41) is 6.72. The van der Waals surface area contributed by atoms with Gasteiger partial charge in [-0.1, -0.05) is 24.3 Å². The van der Waals surface area contributed by atoms with Crippen LogP contribution in [0, 0.1) is 0 Å². The molecule has 0 radical (unpaired) electrons. The summed E-state index contributed by atoms with van der Waals surface area (Å²) in [6.45, 7) is 7.55. The lowest BCUT2D eigenvalue weighted by atomic mass is 10.1. The smallest absolute Gasteiger partial charge is 0.191 e. The van der Waals surface area contributed by atoms with Crippen LogP contribution < -0.4 is 10.6 Å². The van der Waals surface area contributed by atoms with E-state index in [0.29, 0.717) is 12.7 Å². The first-order valence-electron chi connectivity index (χ1n) is 10.1. The van der Waals surface area contributed by atoms with Crippen molar-refractivity contribution in [2.45, 2.75) is 51.9 Å². The van der Waals surface area contributed by atoms with E-state index in [-0.39, 0.29) is 24.0 Å². The van der Waals surface area contributed by atoms with Gasteiger partial charge in [-0.3, -0.25) is 4.99 Å². The molecule has 1 heterocycles. The third kappa shape index (κ3) is 10.6. The minimum Gasteiger partial charge on any atom is -0.382 e. The van der Waals surface area contributed by atoms with E-state index in [1.807, 2.05) is 6.92 Å². The molecule has 0 bridgehead atoms. The summed E-state index contributed by atoms with van der Waals surface area (Å²) in [6, 6.07) is 8.53. The Hall–Kier alpha value is -0.900. The summed E-state index contributed by atoms with van der Waals surface area (Å²) < 4.78 is 16.7. The topological polar surface area (TPSA) is 64.1 Å². The van der Waals surface area contributed by atoms with Crippen LogP contribution in [0.3, 0.4) is 0 Å². The maximum absolute atomic E-state index is 6.02. The van der Waals surface area contributed by atoms with E-state index in [4.69, 9.17) is 14.2 Å². The maximum Gasteiger partial charge on any atom is 0.191 e. The highest BCUT2D eigenvalue weighted by atomic mass is 127. The molecule has 1 fully saturated rings. The molecule has 0 atom stereocenters. The van der Waals surface area contributed by atoms with Gasteiger partial charge in [0.15, 0.2) is 5.96 Å². The van der Waals surface area contributed by atoms with Crippen molar-refractivity contribution < 1.29 is 14.2 Å². The molecule has 0 spiro atoms. The van der Waals surface area contributed by atoms with Crippen LogP contribution in [-0.4, -0.2) is 52.1 Å². The second-order valence-electron chi connectivity index (χ2n) is 6.70. The van der Waals surface area contributed by atoms with Gasteiger partial charge in [0, 0.05) is 46.6 Å². The molecule has 1 aliphatic rings. The number of hydrogen-bond donors (Lipinski definition) is 2. The van der Waals surface area contributed by atoms with E-state index in [1.165, 1.54) is 11.1 Å². The first kappa shape index (κ1) is 25.1. The number of rotatable bonds is 11. The van der Waals surface area contributed by atoms with Crippen molar-refractivity contribution in [3.05, 3.63) is 35.4 Å². The van der Waals surface area contributed by atoms with Gasteiger partial charge in [0.1, 0.15) is 0 Å². The molecule has 2 rings (SSSR count). The predicted molar refractivity (Wildman–Crippen MR) is 124 cm³/mol. The highest BCUT2D eigenvalue weighted by Gasteiger charge is 2.14. The van der Waals surface area contributed by atoms with Crippen LogP contribution >= 0.6 is 24.0 Å². The average molecular weight is 505 g/mol. The molecule has 160 valence electrons. The van der Waals surface area contributed by atoms with Crippen LogP contribution in [0.5, 0.6) is 0 Å². The van der Waals surface area contributed by atoms with Gasteiger partial charge in [-0.25, -0.2) is 0 Å². The number of benzene rings is 1. The van der Waals surface area contributed by atoms with E-state index in [9.17, 15) is 0 Å². The summed E-state index contributed by atoms with van der Waals surface area (Å²) in [7, 11) is 1.80. The van der Waals surface area contributed by atoms with Gasteiger partial charge in [0.25, 0.3) is 0 Å². The van der Waals surface area contributed by atoms with Crippen molar-refractivity contribution in [2.75, 3.05) is 40.0 Å². The largest absolute Gasteiger partial charge is 0.382 e. The van der Waals surface area contributed by atoms with E-state index in [0.717, 1.165) is 71.2 Å². The molecular weight excluding hydrogens is 469 g/mol. The lowest BCUT2D eigenvalue weighted by Gasteiger charge is -2.22. The first-order valence-corrected chi connectivity index (χ1v) is 10.1. The van der Waals surface area contributed by atoms with Crippen LogP contribution in [0.4, 0.5) is 0 Å². The quantitative estimate of drug-likeness (QED) is 0.209. The van der Waals surface area contributed by atoms with E-state index in [1.54, 1.807) is 7.05 Å². The summed E-state index contributed by atoms with van der Waals surface area (Å²) >= 11 is 0. The Kier molecular flexibility index (Phi) is 14.3. The normalized spacial score (nSPS) is 15.1. The Morgan fingerprint density at radius 1 is 1.18 bits per heavy atom. The van der Waals surface area contributed by atoms with Gasteiger partial charge < -0.3 is 24.8 Å². The molecule has 0 amide bonds. The second kappa shape index (κ2) is 16.0. The second-order valence-corrected chi connectivity index (χ2v) is 6.70. The van der Waals surface area contributed by atoms with Gasteiger partial charge in [-0.05, 0) is 43.7 Å². The van der Waals surface area contributed by atoms with Gasteiger partial charge in [0.2, 0.25) is 0 Å². The van der Waals surface area contributed by atoms with Gasteiger partial charge in [-0.15, -0.1) is 24.0 Å². The lowest BCUT2D eigenvalue weighted by molar-refractivity contribution is -0.0390. The zero-order valence-electron chi connectivity index (χ0n) is 17.2. The Bertz CT molecular complexity index is 551. The number of guanidine groups is 1. The number of halogens is 1. The Morgan fingerprint density at radius 2 is 1.96 bits per heavy atom. The zero-order valence-corrected chi connectivity index (χ0v) is 19.6. The highest BCUT2D eigenvalue weighted by Crippen LogP contribution is 2.14. The van der Waals surface area contributed by atoms with Crippen LogP contribution in [0.25, 0.3) is 0 Å². The van der Waals surface area contributed by atoms with E-state index in [2.05, 4.69) is 39.9 Å². The lowest BCUT2D eigenvalue weighted by Crippen LogP contribution is -2.37. The van der Waals surface area contributed by atoms with Crippen LogP contribution in [0.2, 0.25) is 0 Å². The molecule has 28 heavy (non-hydrogen) atoms. The predicted octanol–water partition coefficient (Wildman–Crippen LogP) is 3.48. The first-order chi connectivity index (χ1) is 13.3. The number of unbranched alkanes of at least 4 members (excludes halogenated alkanes) is 1. The zero-order chi connectivity index (χ0) is 19.2. The molecule has 0 saturated carbocycles. The van der Waals surface area contributed by atoms with E-state index < -0.39 is 0 Å². The molecule has 6 nitrogen and oxygen atoms in total. The molecule has 7 heteroatoms. The SMILES string of the molecule is CCOCCCCNC(=NC)NCc1cccc(COC2CCOCC2)c1.I. The Morgan fingerprint density at radius 3 is 2.71 bits per heavy atom. The molecule has 0 aliphatic carbocycles. The fourth-order valence-corrected chi connectivity index (χ4v) is 2.97. The van der Waals surface area contributed by atoms with Crippen LogP contribution in [0.1, 0.15) is 43.7 Å². The molecular formula is C21H36IN3O3. The van der Waals surface area contributed by atoms with Gasteiger partial charge >= 0.3 is 0 Å². The molecule has 1 saturated heterocycles. The minimum absolute atomic E-state index is 0. The summed E-state index contributed by atoms with van der Waals surface area (Å²) in [5.41, 5.74) is 2.43. The fraction of sp³-hybridized carbons (Fsp3) is 0.667. The number of nitrogens with zero attached hydrogens (tertiary/aromatic N) is 1. The number of hydrogen-bond acceptors (Lipinski definition) is 4. The van der Waals surface area contributed by atoms with Crippen molar-refractivity contribution in [1.82, 2.24) is 10.6 Å². The van der Waals surface area contributed by atoms with Gasteiger partial charge in [0.05, 0.1) is 12.7 Å². The van der Waals surface area contributed by atoms with Crippen molar-refractivity contribution in [3.8, 4) is 0 Å². The minimum atomic E-state index is 0. The van der Waals surface area contributed by atoms with Crippen molar-refractivity contribution >= 4 is 29.9 Å². The standard InChI is InChI=1S/C21H35N3O3.HI/c1-3-25-12-5-4-11-23-21(22-2)24-16-18-7-6-8-19(15-18)17-27-20-9-13-26-14-10-20;/h6-8,15,20H,3-5,9-14,16-17H2,1-2H3,(H2,22,23,24);1H. The molecule has 1 aromatic carbocycles. The van der Waals surface area contributed by atoms with Crippen LogP contribution in [0.15, 0.2) is 29.3 Å². The van der Waals surface area contributed by atoms with Crippen molar-refractivity contribution in [1.29, 1.82) is 0 Å². The highest BCUT2D eigenvalue weighted by molar-refractivity contribution is 14.0. The molecule has 1 aromatic rings. The van der Waals surface area contributed by atoms with Crippen LogP contribution in [-0.2, 0) is 27.4 Å². The monoisotopic (exact) mass is 505 g/mol. The molecule has 0 aromatic heterocycles. The van der Waals surface area contributed by atoms with Crippen molar-refractivity contribution in [3.63, 3.8) is 0 Å². The molecule has 1 aliphatic heterocycles. The Labute approximate surface area is 186 Å². The van der Waals surface area contributed by atoms with Crippen molar-refractivity contribution in [2.24, 2.45) is 4.99 Å². The third-order valence-electron chi connectivity index (χ3n) is 4.54. The number of aliphatic imine (C=N–C) groups is 1. The molecule has 2 N–H and O–H groups in total. The number of nitrogens with one attached hydrogen (secondary N) is 2. The fourth-order valence-electron chi connectivity index (χ4n) is 2.97. The van der Waals surface area contributed by atoms with Gasteiger partial charge in [-0.2, -0.15) is 0 Å². The Balaban J connectivity index is 0.00000392. The summed E-state index contributed by atoms with van der Waals surface area (Å²) in [6.07, 6.45) is 4.44. The van der Waals surface area contributed by atoms with E-state index >= 15 is 0 Å².